The molecule has 0 aliphatic carbocycles. The zero-order valence-corrected chi connectivity index (χ0v) is 9.44. The molecule has 0 spiro atoms. The summed E-state index contributed by atoms with van der Waals surface area (Å²) < 4.78 is 14.0. The summed E-state index contributed by atoms with van der Waals surface area (Å²) in [6.07, 6.45) is 2.65. The number of rotatable bonds is 6. The van der Waals surface area contributed by atoms with Crippen LogP contribution in [0.4, 0.5) is 4.39 Å². The number of alkyl halides is 1. The SMILES string of the molecule is CC(C)CCCC(F)(CN)C(C)C. The summed E-state index contributed by atoms with van der Waals surface area (Å²) in [4.78, 5) is 0. The molecular weight excluding hydrogens is 165 g/mol. The van der Waals surface area contributed by atoms with Crippen LogP contribution < -0.4 is 5.73 Å². The standard InChI is InChI=1S/C11H24FN/c1-9(2)6-5-7-11(12,8-13)10(3)4/h9-10H,5-8,13H2,1-4H3. The fourth-order valence-electron chi connectivity index (χ4n) is 1.43. The molecule has 0 aromatic rings. The van der Waals surface area contributed by atoms with Crippen molar-refractivity contribution in [2.45, 2.75) is 52.6 Å². The zero-order chi connectivity index (χ0) is 10.5. The maximum Gasteiger partial charge on any atom is 0.125 e. The summed E-state index contributed by atoms with van der Waals surface area (Å²) in [6, 6.07) is 0. The highest BCUT2D eigenvalue weighted by molar-refractivity contribution is 4.83. The molecule has 0 radical (unpaired) electrons. The van der Waals surface area contributed by atoms with Crippen LogP contribution in [0.15, 0.2) is 0 Å². The first-order chi connectivity index (χ1) is 5.92. The van der Waals surface area contributed by atoms with E-state index >= 15 is 0 Å². The van der Waals surface area contributed by atoms with E-state index in [1.165, 1.54) is 0 Å². The van der Waals surface area contributed by atoms with Gasteiger partial charge in [0.15, 0.2) is 0 Å². The van der Waals surface area contributed by atoms with Gasteiger partial charge in [0.25, 0.3) is 0 Å². The molecule has 0 rings (SSSR count). The largest absolute Gasteiger partial charge is 0.328 e. The van der Waals surface area contributed by atoms with E-state index in [0.29, 0.717) is 12.3 Å². The quantitative estimate of drug-likeness (QED) is 0.682. The Labute approximate surface area is 81.9 Å². The molecule has 0 fully saturated rings. The molecular formula is C11H24FN. The van der Waals surface area contributed by atoms with Gasteiger partial charge in [-0.1, -0.05) is 34.1 Å². The van der Waals surface area contributed by atoms with Crippen LogP contribution in [0.3, 0.4) is 0 Å². The molecule has 0 aromatic carbocycles. The molecule has 1 nitrogen and oxygen atoms in total. The van der Waals surface area contributed by atoms with Crippen molar-refractivity contribution in [2.24, 2.45) is 17.6 Å². The maximum atomic E-state index is 14.0. The van der Waals surface area contributed by atoms with Gasteiger partial charge in [0.05, 0.1) is 0 Å². The molecule has 0 aliphatic rings. The van der Waals surface area contributed by atoms with Gasteiger partial charge in [-0.15, -0.1) is 0 Å². The van der Waals surface area contributed by atoms with Crippen molar-refractivity contribution < 1.29 is 4.39 Å². The Hall–Kier alpha value is -0.110. The summed E-state index contributed by atoms with van der Waals surface area (Å²) in [5, 5.41) is 0. The molecule has 2 heteroatoms. The molecule has 0 saturated carbocycles. The van der Waals surface area contributed by atoms with Crippen LogP contribution in [0.5, 0.6) is 0 Å². The zero-order valence-electron chi connectivity index (χ0n) is 9.44. The second kappa shape index (κ2) is 5.58. The van der Waals surface area contributed by atoms with Crippen LogP contribution in [0.1, 0.15) is 47.0 Å². The van der Waals surface area contributed by atoms with E-state index < -0.39 is 5.67 Å². The van der Waals surface area contributed by atoms with Crippen molar-refractivity contribution >= 4 is 0 Å². The lowest BCUT2D eigenvalue weighted by molar-refractivity contribution is 0.0942. The molecule has 0 amide bonds. The van der Waals surface area contributed by atoms with Crippen molar-refractivity contribution in [3.8, 4) is 0 Å². The molecule has 2 N–H and O–H groups in total. The van der Waals surface area contributed by atoms with E-state index in [4.69, 9.17) is 5.73 Å². The van der Waals surface area contributed by atoms with Gasteiger partial charge in [-0.3, -0.25) is 0 Å². The van der Waals surface area contributed by atoms with Crippen LogP contribution in [0, 0.1) is 11.8 Å². The number of nitrogens with two attached hydrogens (primary N) is 1. The van der Waals surface area contributed by atoms with Crippen LogP contribution in [0.2, 0.25) is 0 Å². The molecule has 0 saturated heterocycles. The Morgan fingerprint density at radius 3 is 2.08 bits per heavy atom. The number of hydrogen-bond acceptors (Lipinski definition) is 1. The van der Waals surface area contributed by atoms with Gasteiger partial charge in [-0.25, -0.2) is 4.39 Å². The minimum Gasteiger partial charge on any atom is -0.328 e. The third kappa shape index (κ3) is 4.61. The van der Waals surface area contributed by atoms with Gasteiger partial charge in [0.1, 0.15) is 5.67 Å². The molecule has 0 bridgehead atoms. The third-order valence-corrected chi connectivity index (χ3v) is 2.75. The lowest BCUT2D eigenvalue weighted by atomic mass is 9.86. The van der Waals surface area contributed by atoms with Crippen molar-refractivity contribution in [2.75, 3.05) is 6.54 Å². The minimum absolute atomic E-state index is 0.0321. The normalized spacial score (nSPS) is 16.6. The van der Waals surface area contributed by atoms with Crippen molar-refractivity contribution in [3.63, 3.8) is 0 Å². The smallest absolute Gasteiger partial charge is 0.125 e. The fraction of sp³-hybridized carbons (Fsp3) is 1.00. The van der Waals surface area contributed by atoms with E-state index in [2.05, 4.69) is 13.8 Å². The molecule has 13 heavy (non-hydrogen) atoms. The van der Waals surface area contributed by atoms with E-state index in [1.54, 1.807) is 0 Å². The molecule has 0 heterocycles. The first kappa shape index (κ1) is 12.9. The van der Waals surface area contributed by atoms with Gasteiger partial charge in [0.2, 0.25) is 0 Å². The summed E-state index contributed by atoms with van der Waals surface area (Å²) >= 11 is 0. The summed E-state index contributed by atoms with van der Waals surface area (Å²) in [5.41, 5.74) is 4.31. The first-order valence-electron chi connectivity index (χ1n) is 5.31. The lowest BCUT2D eigenvalue weighted by Crippen LogP contribution is -2.38. The Kier molecular flexibility index (Phi) is 5.54. The van der Waals surface area contributed by atoms with Crippen molar-refractivity contribution in [1.82, 2.24) is 0 Å². The molecule has 0 aromatic heterocycles. The van der Waals surface area contributed by atoms with Gasteiger partial charge in [0, 0.05) is 6.54 Å². The van der Waals surface area contributed by atoms with E-state index in [1.807, 2.05) is 13.8 Å². The van der Waals surface area contributed by atoms with Crippen LogP contribution in [-0.2, 0) is 0 Å². The predicted octanol–water partition coefficient (Wildman–Crippen LogP) is 3.14. The molecule has 1 atom stereocenters. The Morgan fingerprint density at radius 1 is 1.23 bits per heavy atom. The maximum absolute atomic E-state index is 14.0. The van der Waals surface area contributed by atoms with E-state index in [0.717, 1.165) is 12.8 Å². The monoisotopic (exact) mass is 189 g/mol. The Balaban J connectivity index is 3.84. The fourth-order valence-corrected chi connectivity index (χ4v) is 1.43. The molecule has 0 aliphatic heterocycles. The second-order valence-corrected chi connectivity index (χ2v) is 4.68. The average Bonchev–Trinajstić information content (AvgIpc) is 2.03. The number of halogens is 1. The van der Waals surface area contributed by atoms with Crippen LogP contribution in [0.25, 0.3) is 0 Å². The van der Waals surface area contributed by atoms with Crippen molar-refractivity contribution in [3.05, 3.63) is 0 Å². The van der Waals surface area contributed by atoms with Gasteiger partial charge < -0.3 is 5.73 Å². The highest BCUT2D eigenvalue weighted by Crippen LogP contribution is 2.27. The van der Waals surface area contributed by atoms with Crippen molar-refractivity contribution in [1.29, 1.82) is 0 Å². The predicted molar refractivity (Wildman–Crippen MR) is 56.4 cm³/mol. The highest BCUT2D eigenvalue weighted by atomic mass is 19.1. The average molecular weight is 189 g/mol. The summed E-state index contributed by atoms with van der Waals surface area (Å²) in [6.45, 7) is 8.29. The summed E-state index contributed by atoms with van der Waals surface area (Å²) in [7, 11) is 0. The Morgan fingerprint density at radius 2 is 1.77 bits per heavy atom. The molecule has 1 unspecified atom stereocenters. The minimum atomic E-state index is -1.14. The first-order valence-corrected chi connectivity index (χ1v) is 5.31. The topological polar surface area (TPSA) is 26.0 Å². The van der Waals surface area contributed by atoms with E-state index in [9.17, 15) is 4.39 Å². The number of hydrogen-bond donors (Lipinski definition) is 1. The third-order valence-electron chi connectivity index (χ3n) is 2.75. The lowest BCUT2D eigenvalue weighted by Gasteiger charge is -2.28. The van der Waals surface area contributed by atoms with Gasteiger partial charge >= 0.3 is 0 Å². The highest BCUT2D eigenvalue weighted by Gasteiger charge is 2.31. The van der Waals surface area contributed by atoms with E-state index in [-0.39, 0.29) is 12.5 Å². The van der Waals surface area contributed by atoms with Crippen LogP contribution >= 0.6 is 0 Å². The van der Waals surface area contributed by atoms with Gasteiger partial charge in [-0.2, -0.15) is 0 Å². The molecule has 80 valence electrons. The van der Waals surface area contributed by atoms with Crippen LogP contribution in [-0.4, -0.2) is 12.2 Å². The second-order valence-electron chi connectivity index (χ2n) is 4.68. The summed E-state index contributed by atoms with van der Waals surface area (Å²) in [5.74, 6) is 0.693. The Bertz CT molecular complexity index is 134. The van der Waals surface area contributed by atoms with Gasteiger partial charge in [-0.05, 0) is 24.7 Å².